The number of carbonyl (C=O) groups is 1. The van der Waals surface area contributed by atoms with Gasteiger partial charge in [0.15, 0.2) is 17.3 Å². The molecule has 1 amide bonds. The topological polar surface area (TPSA) is 96.6 Å². The summed E-state index contributed by atoms with van der Waals surface area (Å²) in [6, 6.07) is 16.9. The molecule has 40 heavy (non-hydrogen) atoms. The van der Waals surface area contributed by atoms with Gasteiger partial charge in [0.2, 0.25) is 5.17 Å². The van der Waals surface area contributed by atoms with Crippen LogP contribution in [0.1, 0.15) is 23.6 Å². The van der Waals surface area contributed by atoms with Gasteiger partial charge in [-0.05, 0) is 78.7 Å². The average molecular weight is 579 g/mol. The number of amidine groups is 2. The first-order valence-electron chi connectivity index (χ1n) is 12.3. The van der Waals surface area contributed by atoms with Gasteiger partial charge in [0.05, 0.1) is 17.2 Å². The summed E-state index contributed by atoms with van der Waals surface area (Å²) in [5, 5.41) is 15.6. The van der Waals surface area contributed by atoms with Crippen LogP contribution in [0.5, 0.6) is 17.2 Å². The van der Waals surface area contributed by atoms with Gasteiger partial charge in [0.1, 0.15) is 29.8 Å². The normalized spacial score (nSPS) is 15.6. The van der Waals surface area contributed by atoms with Gasteiger partial charge in [-0.2, -0.15) is 15.1 Å². The molecule has 204 valence electrons. The van der Waals surface area contributed by atoms with Crippen molar-refractivity contribution in [2.24, 2.45) is 10.1 Å². The predicted octanol–water partition coefficient (Wildman–Crippen LogP) is 6.46. The average Bonchev–Trinajstić information content (AvgIpc) is 3.34. The molecule has 2 aliphatic heterocycles. The van der Waals surface area contributed by atoms with Gasteiger partial charge < -0.3 is 14.2 Å². The van der Waals surface area contributed by atoms with Gasteiger partial charge in [0.25, 0.3) is 5.91 Å². The van der Waals surface area contributed by atoms with Gasteiger partial charge in [-0.15, -0.1) is 0 Å². The molecule has 3 aromatic carbocycles. The maximum atomic E-state index is 13.2. The van der Waals surface area contributed by atoms with Crippen molar-refractivity contribution >= 4 is 51.4 Å². The van der Waals surface area contributed by atoms with E-state index in [1.54, 1.807) is 24.3 Å². The lowest BCUT2D eigenvalue weighted by atomic mass is 10.1. The van der Waals surface area contributed by atoms with Gasteiger partial charge in [0, 0.05) is 0 Å². The highest BCUT2D eigenvalue weighted by atomic mass is 35.5. The van der Waals surface area contributed by atoms with Gasteiger partial charge >= 0.3 is 0 Å². The number of thioether (sulfide) groups is 1. The Labute approximate surface area is 239 Å². The zero-order chi connectivity index (χ0) is 28.2. The van der Waals surface area contributed by atoms with E-state index < -0.39 is 5.91 Å². The van der Waals surface area contributed by atoms with Crippen molar-refractivity contribution in [1.82, 2.24) is 5.01 Å². The van der Waals surface area contributed by atoms with Gasteiger partial charge in [-0.3, -0.25) is 10.2 Å². The molecule has 1 N–H and O–H groups in total. The number of nitrogens with one attached hydrogen (secondary N) is 1. The van der Waals surface area contributed by atoms with E-state index in [2.05, 4.69) is 10.1 Å². The molecular weight excluding hydrogens is 555 g/mol. The highest BCUT2D eigenvalue weighted by Crippen LogP contribution is 2.38. The van der Waals surface area contributed by atoms with E-state index in [9.17, 15) is 9.18 Å². The summed E-state index contributed by atoms with van der Waals surface area (Å²) in [4.78, 5) is 17.0. The molecule has 11 heteroatoms. The second-order valence-corrected chi connectivity index (χ2v) is 10.2. The van der Waals surface area contributed by atoms with Crippen molar-refractivity contribution in [3.63, 3.8) is 0 Å². The summed E-state index contributed by atoms with van der Waals surface area (Å²) in [6.07, 6.45) is 1.52. The quantitative estimate of drug-likeness (QED) is 0.293. The van der Waals surface area contributed by atoms with Crippen LogP contribution in [0.2, 0.25) is 5.02 Å². The molecular formula is C29H24ClFN4O4S. The number of para-hydroxylation sites is 1. The van der Waals surface area contributed by atoms with Crippen molar-refractivity contribution < 1.29 is 23.4 Å². The highest BCUT2D eigenvalue weighted by molar-refractivity contribution is 8.27. The number of hydrogen-bond acceptors (Lipinski definition) is 7. The third-order valence-electron chi connectivity index (χ3n) is 5.88. The third-order valence-corrected chi connectivity index (χ3v) is 7.04. The molecule has 0 radical (unpaired) electrons. The van der Waals surface area contributed by atoms with Crippen molar-refractivity contribution in [1.29, 1.82) is 5.41 Å². The lowest BCUT2D eigenvalue weighted by molar-refractivity contribution is -0.114. The first kappa shape index (κ1) is 27.4. The minimum Gasteiger partial charge on any atom is -0.490 e. The molecule has 0 fully saturated rings. The molecule has 2 heterocycles. The number of aryl methyl sites for hydroxylation is 1. The number of aliphatic imine (C=N–C) groups is 1. The Hall–Kier alpha value is -4.15. The number of hydrazone groups is 1. The maximum absolute atomic E-state index is 13.2. The fourth-order valence-corrected chi connectivity index (χ4v) is 5.00. The number of fused-ring (bicyclic) bond motifs is 1. The Morgan fingerprint density at radius 2 is 1.82 bits per heavy atom. The molecule has 0 aromatic heterocycles. The number of carbonyl (C=O) groups excluding carboxylic acids is 1. The molecule has 0 spiro atoms. The standard InChI is InChI=1S/C29H24ClFN4O4S/c1-3-37-24-14-19(13-22(30)26(24)39-15-18-8-10-20(31)11-9-18)12-21-27(32)35-29(33-28(21)36)40-25(34-35)16-38-23-7-5-4-6-17(23)2/h4-14,32H,3,15-16H2,1-2H3/b21-12-,32-27?. The molecule has 8 nitrogen and oxygen atoms in total. The van der Waals surface area contributed by atoms with Crippen molar-refractivity contribution in [3.05, 3.63) is 93.8 Å². The van der Waals surface area contributed by atoms with E-state index in [0.717, 1.165) is 16.9 Å². The van der Waals surface area contributed by atoms with Crippen LogP contribution < -0.4 is 14.2 Å². The Bertz CT molecular complexity index is 1570. The fraction of sp³-hybridized carbons (Fsp3) is 0.172. The van der Waals surface area contributed by atoms with Crippen LogP contribution in [0.15, 0.2) is 76.3 Å². The Morgan fingerprint density at radius 3 is 2.58 bits per heavy atom. The number of hydrogen-bond donors (Lipinski definition) is 1. The van der Waals surface area contributed by atoms with E-state index in [-0.39, 0.29) is 35.5 Å². The molecule has 5 rings (SSSR count). The molecule has 0 bridgehead atoms. The zero-order valence-corrected chi connectivity index (χ0v) is 23.2. The Balaban J connectivity index is 1.35. The largest absolute Gasteiger partial charge is 0.490 e. The summed E-state index contributed by atoms with van der Waals surface area (Å²) >= 11 is 7.73. The van der Waals surface area contributed by atoms with Crippen molar-refractivity contribution in [2.45, 2.75) is 20.5 Å². The minimum absolute atomic E-state index is 0.0488. The molecule has 3 aromatic rings. The fourth-order valence-electron chi connectivity index (χ4n) is 3.92. The number of halogens is 2. The Kier molecular flexibility index (Phi) is 8.18. The second-order valence-electron chi connectivity index (χ2n) is 8.75. The summed E-state index contributed by atoms with van der Waals surface area (Å²) in [5.74, 6) is 0.410. The molecule has 0 saturated carbocycles. The summed E-state index contributed by atoms with van der Waals surface area (Å²) in [5.41, 5.74) is 2.32. The highest BCUT2D eigenvalue weighted by Gasteiger charge is 2.36. The van der Waals surface area contributed by atoms with E-state index in [1.807, 2.05) is 38.1 Å². The zero-order valence-electron chi connectivity index (χ0n) is 21.6. The second kappa shape index (κ2) is 11.9. The van der Waals surface area contributed by atoms with E-state index >= 15 is 0 Å². The first-order chi connectivity index (χ1) is 19.3. The van der Waals surface area contributed by atoms with E-state index in [1.165, 1.54) is 35.0 Å². The Morgan fingerprint density at radius 1 is 1.05 bits per heavy atom. The van der Waals surface area contributed by atoms with Crippen LogP contribution in [0.3, 0.4) is 0 Å². The van der Waals surface area contributed by atoms with E-state index in [4.69, 9.17) is 31.2 Å². The molecule has 0 atom stereocenters. The molecule has 0 aliphatic carbocycles. The van der Waals surface area contributed by atoms with E-state index in [0.29, 0.717) is 33.9 Å². The monoisotopic (exact) mass is 578 g/mol. The number of amides is 1. The van der Waals surface area contributed by atoms with Crippen LogP contribution in [-0.4, -0.2) is 40.2 Å². The summed E-state index contributed by atoms with van der Waals surface area (Å²) in [6.45, 7) is 4.45. The van der Waals surface area contributed by atoms with Crippen LogP contribution in [0, 0.1) is 18.2 Å². The summed E-state index contributed by atoms with van der Waals surface area (Å²) in [7, 11) is 0. The van der Waals surface area contributed by atoms with Crippen molar-refractivity contribution in [2.75, 3.05) is 13.2 Å². The van der Waals surface area contributed by atoms with Gasteiger partial charge in [-0.25, -0.2) is 4.39 Å². The number of nitrogens with zero attached hydrogens (tertiary/aromatic N) is 3. The summed E-state index contributed by atoms with van der Waals surface area (Å²) < 4.78 is 30.7. The minimum atomic E-state index is -0.564. The van der Waals surface area contributed by atoms with Crippen LogP contribution in [-0.2, 0) is 11.4 Å². The third kappa shape index (κ3) is 6.03. The smallest absolute Gasteiger partial charge is 0.283 e. The lowest BCUT2D eigenvalue weighted by Crippen LogP contribution is -2.35. The first-order valence-corrected chi connectivity index (χ1v) is 13.5. The van der Waals surface area contributed by atoms with Crippen molar-refractivity contribution in [3.8, 4) is 17.2 Å². The number of rotatable bonds is 9. The lowest BCUT2D eigenvalue weighted by Gasteiger charge is -2.20. The predicted molar refractivity (Wildman–Crippen MR) is 155 cm³/mol. The van der Waals surface area contributed by atoms with Crippen LogP contribution in [0.4, 0.5) is 4.39 Å². The number of ether oxygens (including phenoxy) is 3. The SMILES string of the molecule is CCOc1cc(/C=C2/C(=N)N3N=C(COc4ccccc4C)SC3=NC2=O)cc(Cl)c1OCc1ccc(F)cc1. The molecule has 0 saturated heterocycles. The van der Waals surface area contributed by atoms with Gasteiger partial charge in [-0.1, -0.05) is 41.9 Å². The maximum Gasteiger partial charge on any atom is 0.283 e. The molecule has 2 aliphatic rings. The molecule has 0 unspecified atom stereocenters. The van der Waals surface area contributed by atoms with Crippen LogP contribution in [0.25, 0.3) is 6.08 Å². The number of benzene rings is 3. The van der Waals surface area contributed by atoms with Crippen LogP contribution >= 0.6 is 23.4 Å².